The van der Waals surface area contributed by atoms with E-state index in [1.165, 1.54) is 77.6 Å². The maximum absolute atomic E-state index is 6.95. The summed E-state index contributed by atoms with van der Waals surface area (Å²) < 4.78 is 15.5. The molecule has 7 aromatic carbocycles. The van der Waals surface area contributed by atoms with Gasteiger partial charge in [-0.1, -0.05) is 47.6 Å². The maximum atomic E-state index is 6.95. The molecule has 3 aromatic heterocycles. The van der Waals surface area contributed by atoms with Crippen molar-refractivity contribution in [2.45, 2.75) is 97.4 Å². The Labute approximate surface area is 417 Å². The molecule has 0 radical (unpaired) electrons. The Morgan fingerprint density at radius 3 is 1.75 bits per heavy atom. The van der Waals surface area contributed by atoms with Crippen LogP contribution in [0.3, 0.4) is 0 Å². The van der Waals surface area contributed by atoms with Crippen molar-refractivity contribution in [1.29, 1.82) is 0 Å². The summed E-state index contributed by atoms with van der Waals surface area (Å²) in [6, 6.07) is 60.4. The van der Waals surface area contributed by atoms with Crippen LogP contribution in [0.4, 0.5) is 0 Å². The van der Waals surface area contributed by atoms with E-state index in [4.69, 9.17) is 9.72 Å². The molecule has 69 heavy (non-hydrogen) atoms. The van der Waals surface area contributed by atoms with Gasteiger partial charge in [0.2, 0.25) is 0 Å². The molecular formula is C63H60N4OPt. The summed E-state index contributed by atoms with van der Waals surface area (Å²) in [4.78, 5) is 4.98. The summed E-state index contributed by atoms with van der Waals surface area (Å²) in [5, 5.41) is 2.40. The van der Waals surface area contributed by atoms with Crippen molar-refractivity contribution in [2.24, 2.45) is 0 Å². The first-order chi connectivity index (χ1) is 33.0. The van der Waals surface area contributed by atoms with Gasteiger partial charge in [0.1, 0.15) is 0 Å². The van der Waals surface area contributed by atoms with Gasteiger partial charge in [0.15, 0.2) is 0 Å². The number of ether oxygens (including phenoxy) is 1. The van der Waals surface area contributed by atoms with Crippen LogP contribution in [-0.2, 0) is 42.0 Å². The normalized spacial score (nSPS) is 14.3. The first kappa shape index (κ1) is 44.9. The summed E-state index contributed by atoms with van der Waals surface area (Å²) in [5.41, 5.74) is 17.1. The summed E-state index contributed by atoms with van der Waals surface area (Å²) in [5.74, 6) is 2.54. The van der Waals surface area contributed by atoms with Gasteiger partial charge >= 0.3 is 315 Å². The molecule has 5 nitrogen and oxygen atoms in total. The van der Waals surface area contributed by atoms with Crippen LogP contribution < -0.4 is 4.74 Å². The number of nitrogens with zero attached hydrogens (tertiary/aromatic N) is 4. The number of aromatic nitrogens is 4. The van der Waals surface area contributed by atoms with Crippen molar-refractivity contribution in [1.82, 2.24) is 18.7 Å². The number of hydrogen-bond donors (Lipinski definition) is 0. The summed E-state index contributed by atoms with van der Waals surface area (Å²) in [6.45, 7) is 20.6. The molecule has 10 aromatic rings. The fraction of sp³-hybridized carbons (Fsp3) is 0.238. The number of pyridine rings is 1. The van der Waals surface area contributed by atoms with E-state index >= 15 is 0 Å². The molecule has 0 amide bonds. The molecule has 1 aliphatic carbocycles. The van der Waals surface area contributed by atoms with Crippen molar-refractivity contribution >= 4 is 32.8 Å². The third-order valence-electron chi connectivity index (χ3n) is 14.3. The van der Waals surface area contributed by atoms with Crippen LogP contribution >= 0.6 is 0 Å². The van der Waals surface area contributed by atoms with E-state index in [2.05, 4.69) is 259 Å². The maximum Gasteiger partial charge on any atom is -0.0149 e. The Hall–Kier alpha value is -6.55. The standard InChI is InChI=1S/C63H60N4O.Pt/c1-61(2,3)44-26-31-55-53(34-44)49-29-28-48(39-58(49)67(55)59-37-45(32-33-64-59)62(4,5)6)68-47-27-24-43-25-30-54(50(43)38-47)65-40-66(57-23-17-16-22-56(57)65)60-51(41-18-12-10-13-19-41)35-46(63(7,8)9)36-52(60)42-20-14-11-15-21-42;/h10-24,26-29,31-39,54H,25,30H2,1-9H3;. The van der Waals surface area contributed by atoms with Crippen LogP contribution in [0, 0.1) is 3.80 Å². The second kappa shape index (κ2) is 16.8. The Morgan fingerprint density at radius 2 is 1.10 bits per heavy atom. The van der Waals surface area contributed by atoms with Crippen molar-refractivity contribution in [2.75, 3.05) is 0 Å². The third kappa shape index (κ3) is 8.03. The SMILES string of the molecule is CC(C)(C)c1ccnc(-n2c3ccc(C(C)(C)C)cc3c3ccc(Oc4ccc5c(c4)C(n4[c](=[Pt])n(-c6c(-c7ccccc7)cc(C(C)(C)C)cc6-c6ccccc6)c6ccccc64)CC5)cc32)c1. The fourth-order valence-electron chi connectivity index (χ4n) is 10.4. The number of fused-ring (bicyclic) bond motifs is 5. The third-order valence-corrected chi connectivity index (χ3v) is 15.3. The number of hydrogen-bond acceptors (Lipinski definition) is 2. The number of rotatable bonds is 7. The van der Waals surface area contributed by atoms with Crippen LogP contribution in [0.25, 0.3) is 66.6 Å². The molecule has 1 unspecified atom stereocenters. The molecule has 0 saturated heterocycles. The largest absolute Gasteiger partial charge is 0.0149 e. The number of imidazole rings is 1. The average Bonchev–Trinajstić information content (AvgIpc) is 3.99. The molecule has 0 bridgehead atoms. The number of para-hydroxylation sites is 2. The van der Waals surface area contributed by atoms with Gasteiger partial charge in [-0.05, 0) is 46.2 Å². The zero-order valence-corrected chi connectivity index (χ0v) is 43.4. The molecule has 0 aliphatic heterocycles. The van der Waals surface area contributed by atoms with Crippen LogP contribution in [0.2, 0.25) is 0 Å². The van der Waals surface area contributed by atoms with E-state index in [0.717, 1.165) is 45.0 Å². The Morgan fingerprint density at radius 1 is 0.507 bits per heavy atom. The van der Waals surface area contributed by atoms with E-state index in [1.54, 1.807) is 0 Å². The fourth-order valence-corrected chi connectivity index (χ4v) is 11.6. The number of aryl methyl sites for hydroxylation is 1. The minimum absolute atomic E-state index is 0.0146. The van der Waals surface area contributed by atoms with Gasteiger partial charge < -0.3 is 0 Å². The quantitative estimate of drug-likeness (QED) is 0.159. The van der Waals surface area contributed by atoms with E-state index in [-0.39, 0.29) is 22.3 Å². The second-order valence-corrected chi connectivity index (χ2v) is 23.0. The van der Waals surface area contributed by atoms with Crippen LogP contribution in [0.5, 0.6) is 11.5 Å². The molecule has 0 spiro atoms. The monoisotopic (exact) mass is 1080 g/mol. The summed E-state index contributed by atoms with van der Waals surface area (Å²) in [7, 11) is 0. The Balaban J connectivity index is 1.04. The van der Waals surface area contributed by atoms with Gasteiger partial charge in [0, 0.05) is 6.20 Å². The first-order valence-corrected chi connectivity index (χ1v) is 25.5. The summed E-state index contributed by atoms with van der Waals surface area (Å²) in [6.07, 6.45) is 3.94. The minimum atomic E-state index is -0.0551. The average molecular weight is 1080 g/mol. The molecule has 11 rings (SSSR count). The zero-order valence-electron chi connectivity index (χ0n) is 41.2. The van der Waals surface area contributed by atoms with Crippen molar-refractivity contribution < 1.29 is 24.1 Å². The smallest absolute Gasteiger partial charge is 0.0149 e. The Bertz CT molecular complexity index is 3610. The van der Waals surface area contributed by atoms with Crippen molar-refractivity contribution in [3.05, 3.63) is 202 Å². The van der Waals surface area contributed by atoms with Crippen molar-refractivity contribution in [3.8, 4) is 45.3 Å². The topological polar surface area (TPSA) is 36.9 Å². The molecule has 348 valence electrons. The number of benzene rings is 7. The van der Waals surface area contributed by atoms with Crippen LogP contribution in [0.1, 0.15) is 103 Å². The summed E-state index contributed by atoms with van der Waals surface area (Å²) >= 11 is 2.61. The second-order valence-electron chi connectivity index (χ2n) is 22.0. The first-order valence-electron chi connectivity index (χ1n) is 24.4. The molecule has 1 atom stereocenters. The van der Waals surface area contributed by atoms with Gasteiger partial charge in [-0.2, -0.15) is 0 Å². The Kier molecular flexibility index (Phi) is 11.0. The molecule has 0 N–H and O–H groups in total. The molecule has 1 aliphatic rings. The molecule has 6 heteroatoms. The van der Waals surface area contributed by atoms with Gasteiger partial charge in [0.05, 0.1) is 0 Å². The molecule has 0 saturated carbocycles. The molecular weight excluding hydrogens is 1020 g/mol. The van der Waals surface area contributed by atoms with Gasteiger partial charge in [0.25, 0.3) is 0 Å². The zero-order chi connectivity index (χ0) is 48.0. The van der Waals surface area contributed by atoms with E-state index < -0.39 is 0 Å². The van der Waals surface area contributed by atoms with Crippen molar-refractivity contribution in [3.63, 3.8) is 0 Å². The van der Waals surface area contributed by atoms with E-state index in [1.807, 2.05) is 6.20 Å². The predicted octanol–water partition coefficient (Wildman–Crippen LogP) is 16.6. The van der Waals surface area contributed by atoms with Crippen LogP contribution in [0.15, 0.2) is 170 Å². The molecule has 0 fully saturated rings. The predicted molar refractivity (Wildman–Crippen MR) is 283 cm³/mol. The van der Waals surface area contributed by atoms with E-state index in [9.17, 15) is 0 Å². The van der Waals surface area contributed by atoms with E-state index in [0.29, 0.717) is 0 Å². The van der Waals surface area contributed by atoms with Gasteiger partial charge in [-0.15, -0.1) is 0 Å². The van der Waals surface area contributed by atoms with Gasteiger partial charge in [-0.3, -0.25) is 0 Å². The van der Waals surface area contributed by atoms with Crippen LogP contribution in [-0.4, -0.2) is 18.7 Å². The molecule has 3 heterocycles. The van der Waals surface area contributed by atoms with Gasteiger partial charge in [-0.25, -0.2) is 4.98 Å². The minimum Gasteiger partial charge on any atom is -0.0149 e.